The minimum atomic E-state index is -0.226. The molecule has 0 radical (unpaired) electrons. The van der Waals surface area contributed by atoms with E-state index in [9.17, 15) is 0 Å². The van der Waals surface area contributed by atoms with Crippen molar-refractivity contribution >= 4 is 0 Å². The quantitative estimate of drug-likeness (QED) is 0.665. The lowest BCUT2D eigenvalue weighted by molar-refractivity contribution is -0.0676. The van der Waals surface area contributed by atoms with Crippen LogP contribution in [-0.4, -0.2) is 12.2 Å². The topological polar surface area (TPSA) is 18.5 Å². The van der Waals surface area contributed by atoms with Gasteiger partial charge in [0, 0.05) is 0 Å². The van der Waals surface area contributed by atoms with Crippen LogP contribution in [0, 0.1) is 0 Å². The fourth-order valence-electron chi connectivity index (χ4n) is 1.12. The van der Waals surface area contributed by atoms with Gasteiger partial charge in [-0.05, 0) is 25.5 Å². The van der Waals surface area contributed by atoms with Gasteiger partial charge in [0.2, 0.25) is 0 Å². The van der Waals surface area contributed by atoms with E-state index in [2.05, 4.69) is 20.1 Å². The Kier molecular flexibility index (Phi) is 2.81. The third-order valence-corrected chi connectivity index (χ3v) is 2.25. The molecule has 1 rings (SSSR count). The fourth-order valence-corrected chi connectivity index (χ4v) is 1.12. The van der Waals surface area contributed by atoms with Crippen LogP contribution in [0.4, 0.5) is 0 Å². The zero-order valence-electron chi connectivity index (χ0n) is 8.30. The second-order valence-corrected chi connectivity index (χ2v) is 3.33. The van der Waals surface area contributed by atoms with E-state index in [-0.39, 0.29) is 5.60 Å². The van der Waals surface area contributed by atoms with E-state index in [1.807, 2.05) is 6.92 Å². The summed E-state index contributed by atoms with van der Waals surface area (Å²) in [6, 6.07) is 0. The molecule has 1 heterocycles. The van der Waals surface area contributed by atoms with E-state index < -0.39 is 0 Å². The van der Waals surface area contributed by atoms with Crippen LogP contribution in [0.1, 0.15) is 20.3 Å². The molecule has 0 amide bonds. The molecule has 2 nitrogen and oxygen atoms in total. The van der Waals surface area contributed by atoms with Crippen LogP contribution >= 0.6 is 0 Å². The van der Waals surface area contributed by atoms with Crippen molar-refractivity contribution in [1.29, 1.82) is 0 Å². The number of allylic oxidation sites excluding steroid dienone is 2. The van der Waals surface area contributed by atoms with Crippen molar-refractivity contribution < 1.29 is 9.47 Å². The Morgan fingerprint density at radius 2 is 2.00 bits per heavy atom. The summed E-state index contributed by atoms with van der Waals surface area (Å²) in [7, 11) is 0. The van der Waals surface area contributed by atoms with Gasteiger partial charge in [-0.1, -0.05) is 20.1 Å². The summed E-state index contributed by atoms with van der Waals surface area (Å²) in [5.41, 5.74) is -0.226. The fraction of sp³-hybridized carbons (Fsp3) is 0.455. The van der Waals surface area contributed by atoms with Crippen molar-refractivity contribution in [2.45, 2.75) is 25.9 Å². The molecule has 0 aromatic carbocycles. The third-order valence-electron chi connectivity index (χ3n) is 2.25. The highest BCUT2D eigenvalue weighted by Gasteiger charge is 2.30. The zero-order valence-corrected chi connectivity index (χ0v) is 8.30. The molecule has 0 saturated heterocycles. The van der Waals surface area contributed by atoms with Crippen molar-refractivity contribution in [3.05, 3.63) is 36.8 Å². The number of rotatable bonds is 3. The maximum absolute atomic E-state index is 5.74. The van der Waals surface area contributed by atoms with Crippen molar-refractivity contribution in [3.8, 4) is 0 Å². The summed E-state index contributed by atoms with van der Waals surface area (Å²) in [6.45, 7) is 12.0. The molecule has 1 aliphatic rings. The zero-order chi connectivity index (χ0) is 9.90. The lowest BCUT2D eigenvalue weighted by Gasteiger charge is -2.34. The van der Waals surface area contributed by atoms with Crippen LogP contribution in [0.2, 0.25) is 0 Å². The third kappa shape index (κ3) is 1.94. The monoisotopic (exact) mass is 180 g/mol. The number of hydrogen-bond acceptors (Lipinski definition) is 2. The summed E-state index contributed by atoms with van der Waals surface area (Å²) < 4.78 is 11.2. The van der Waals surface area contributed by atoms with E-state index >= 15 is 0 Å². The van der Waals surface area contributed by atoms with E-state index in [0.717, 1.165) is 6.42 Å². The first-order chi connectivity index (χ1) is 6.15. The summed E-state index contributed by atoms with van der Waals surface area (Å²) in [5.74, 6) is 1.37. The molecule has 1 aliphatic heterocycles. The van der Waals surface area contributed by atoms with Gasteiger partial charge in [0.15, 0.2) is 11.5 Å². The SMILES string of the molecule is C=CC1=C(C=C)OC(C)(CC)CO1. The molecule has 72 valence electrons. The van der Waals surface area contributed by atoms with E-state index in [1.165, 1.54) is 0 Å². The predicted octanol–water partition coefficient (Wildman–Crippen LogP) is 2.79. The molecule has 0 N–H and O–H groups in total. The van der Waals surface area contributed by atoms with Gasteiger partial charge in [-0.3, -0.25) is 0 Å². The lowest BCUT2D eigenvalue weighted by Crippen LogP contribution is -2.36. The molecular formula is C11H16O2. The molecule has 0 saturated carbocycles. The maximum atomic E-state index is 5.74. The van der Waals surface area contributed by atoms with E-state index in [0.29, 0.717) is 18.1 Å². The highest BCUT2D eigenvalue weighted by molar-refractivity contribution is 5.24. The van der Waals surface area contributed by atoms with Gasteiger partial charge in [-0.15, -0.1) is 0 Å². The van der Waals surface area contributed by atoms with Crippen molar-refractivity contribution in [2.24, 2.45) is 0 Å². The lowest BCUT2D eigenvalue weighted by atomic mass is 10.0. The Hall–Kier alpha value is -1.18. The molecule has 0 fully saturated rings. The molecule has 1 unspecified atom stereocenters. The van der Waals surface area contributed by atoms with Crippen LogP contribution in [0.15, 0.2) is 36.8 Å². The first kappa shape index (κ1) is 9.90. The standard InChI is InChI=1S/C11H16O2/c1-5-9-10(6-2)13-11(4,7-3)8-12-9/h5-6H,1-2,7-8H2,3-4H3. The van der Waals surface area contributed by atoms with Gasteiger partial charge >= 0.3 is 0 Å². The Labute approximate surface area is 79.5 Å². The van der Waals surface area contributed by atoms with Crippen molar-refractivity contribution in [3.63, 3.8) is 0 Å². The summed E-state index contributed by atoms with van der Waals surface area (Å²) in [6.07, 6.45) is 4.21. The largest absolute Gasteiger partial charge is 0.486 e. The van der Waals surface area contributed by atoms with Gasteiger partial charge in [-0.25, -0.2) is 0 Å². The van der Waals surface area contributed by atoms with Gasteiger partial charge < -0.3 is 9.47 Å². The highest BCUT2D eigenvalue weighted by atomic mass is 16.6. The first-order valence-electron chi connectivity index (χ1n) is 4.46. The molecule has 13 heavy (non-hydrogen) atoms. The van der Waals surface area contributed by atoms with Gasteiger partial charge in [-0.2, -0.15) is 0 Å². The smallest absolute Gasteiger partial charge is 0.161 e. The number of hydrogen-bond donors (Lipinski definition) is 0. The van der Waals surface area contributed by atoms with Crippen LogP contribution in [0.5, 0.6) is 0 Å². The maximum Gasteiger partial charge on any atom is 0.161 e. The van der Waals surface area contributed by atoms with E-state index in [1.54, 1.807) is 12.2 Å². The molecule has 0 aromatic rings. The van der Waals surface area contributed by atoms with Crippen LogP contribution in [0.25, 0.3) is 0 Å². The Morgan fingerprint density at radius 1 is 1.38 bits per heavy atom. The predicted molar refractivity (Wildman–Crippen MR) is 53.2 cm³/mol. The summed E-state index contributed by atoms with van der Waals surface area (Å²) in [4.78, 5) is 0. The first-order valence-corrected chi connectivity index (χ1v) is 4.46. The summed E-state index contributed by atoms with van der Waals surface area (Å²) >= 11 is 0. The Morgan fingerprint density at radius 3 is 2.46 bits per heavy atom. The van der Waals surface area contributed by atoms with Gasteiger partial charge in [0.1, 0.15) is 12.2 Å². The van der Waals surface area contributed by atoms with Crippen LogP contribution < -0.4 is 0 Å². The molecule has 0 bridgehead atoms. The minimum absolute atomic E-state index is 0.226. The second kappa shape index (κ2) is 3.69. The Balaban J connectivity index is 2.89. The van der Waals surface area contributed by atoms with E-state index in [4.69, 9.17) is 9.47 Å². The number of ether oxygens (including phenoxy) is 2. The molecule has 1 atom stereocenters. The molecule has 0 spiro atoms. The van der Waals surface area contributed by atoms with Gasteiger partial charge in [0.25, 0.3) is 0 Å². The van der Waals surface area contributed by atoms with Crippen LogP contribution in [0.3, 0.4) is 0 Å². The normalized spacial score (nSPS) is 27.5. The summed E-state index contributed by atoms with van der Waals surface area (Å²) in [5, 5.41) is 0. The van der Waals surface area contributed by atoms with Crippen LogP contribution in [-0.2, 0) is 9.47 Å². The molecule has 0 aliphatic carbocycles. The van der Waals surface area contributed by atoms with Gasteiger partial charge in [0.05, 0.1) is 0 Å². The second-order valence-electron chi connectivity index (χ2n) is 3.33. The average Bonchev–Trinajstić information content (AvgIpc) is 2.18. The Bertz CT molecular complexity index is 253. The highest BCUT2D eigenvalue weighted by Crippen LogP contribution is 2.28. The molecule has 2 heteroatoms. The molecular weight excluding hydrogens is 164 g/mol. The van der Waals surface area contributed by atoms with Crippen molar-refractivity contribution in [2.75, 3.05) is 6.61 Å². The van der Waals surface area contributed by atoms with Crippen molar-refractivity contribution in [1.82, 2.24) is 0 Å². The average molecular weight is 180 g/mol. The molecule has 0 aromatic heterocycles. The minimum Gasteiger partial charge on any atom is -0.486 e.